The van der Waals surface area contributed by atoms with E-state index in [1.54, 1.807) is 35.7 Å². The zero-order valence-corrected chi connectivity index (χ0v) is 18.1. The predicted octanol–water partition coefficient (Wildman–Crippen LogP) is 2.10. The van der Waals surface area contributed by atoms with Gasteiger partial charge < -0.3 is 19.9 Å². The molecule has 1 aromatic heterocycles. The number of hydrogen-bond donors (Lipinski definition) is 2. The van der Waals surface area contributed by atoms with Gasteiger partial charge in [-0.15, -0.1) is 11.3 Å². The van der Waals surface area contributed by atoms with Crippen molar-refractivity contribution >= 4 is 17.2 Å². The molecule has 2 aromatic rings. The number of nitrogens with one attached hydrogen (secondary N) is 1. The second-order valence-electron chi connectivity index (χ2n) is 8.06. The number of hydrogen-bond acceptors (Lipinski definition) is 7. The lowest BCUT2D eigenvalue weighted by Crippen LogP contribution is -2.55. The SMILES string of the molecule is O=C(C[C@@H]1CC[C@H]2[C@@H](COC[C@H](O)CN2Cc2nccs2)O1)NCc1ccccc1F. The minimum absolute atomic E-state index is 0.0941. The summed E-state index contributed by atoms with van der Waals surface area (Å²) in [6.07, 6.45) is 2.65. The summed E-state index contributed by atoms with van der Waals surface area (Å²) in [5.41, 5.74) is 0.463. The Morgan fingerprint density at radius 3 is 3.00 bits per heavy atom. The Hall–Kier alpha value is -1.91. The van der Waals surface area contributed by atoms with E-state index in [0.717, 1.165) is 17.8 Å². The largest absolute Gasteiger partial charge is 0.389 e. The maximum Gasteiger partial charge on any atom is 0.222 e. The van der Waals surface area contributed by atoms with Gasteiger partial charge in [0.05, 0.1) is 44.5 Å². The second kappa shape index (κ2) is 10.6. The Morgan fingerprint density at radius 1 is 1.32 bits per heavy atom. The molecule has 1 amide bonds. The van der Waals surface area contributed by atoms with Gasteiger partial charge in [-0.2, -0.15) is 0 Å². The highest BCUT2D eigenvalue weighted by Gasteiger charge is 2.38. The molecule has 4 rings (SSSR count). The molecule has 1 aromatic carbocycles. The van der Waals surface area contributed by atoms with Gasteiger partial charge in [0.2, 0.25) is 5.91 Å². The molecular formula is C22H28FN3O4S. The first kappa shape index (κ1) is 22.3. The van der Waals surface area contributed by atoms with E-state index in [4.69, 9.17) is 9.47 Å². The number of benzene rings is 1. The fraction of sp³-hybridized carbons (Fsp3) is 0.545. The van der Waals surface area contributed by atoms with Crippen LogP contribution in [0.5, 0.6) is 0 Å². The number of carbonyl (C=O) groups is 1. The number of aromatic nitrogens is 1. The van der Waals surface area contributed by atoms with Crippen LogP contribution >= 0.6 is 11.3 Å². The molecule has 2 fully saturated rings. The third-order valence-electron chi connectivity index (χ3n) is 5.76. The minimum atomic E-state index is -0.553. The van der Waals surface area contributed by atoms with Gasteiger partial charge in [-0.3, -0.25) is 9.69 Å². The van der Waals surface area contributed by atoms with Gasteiger partial charge in [-0.05, 0) is 18.9 Å². The number of ether oxygens (including phenoxy) is 2. The third-order valence-corrected chi connectivity index (χ3v) is 6.52. The van der Waals surface area contributed by atoms with E-state index in [1.165, 1.54) is 6.07 Å². The van der Waals surface area contributed by atoms with Gasteiger partial charge in [0, 0.05) is 36.3 Å². The smallest absolute Gasteiger partial charge is 0.222 e. The van der Waals surface area contributed by atoms with E-state index in [2.05, 4.69) is 15.2 Å². The first-order chi connectivity index (χ1) is 15.1. The van der Waals surface area contributed by atoms with Crippen LogP contribution in [0.15, 0.2) is 35.8 Å². The molecule has 7 nitrogen and oxygen atoms in total. The highest BCUT2D eigenvalue weighted by atomic mass is 32.1. The highest BCUT2D eigenvalue weighted by Crippen LogP contribution is 2.29. The zero-order valence-electron chi connectivity index (χ0n) is 17.3. The molecule has 0 unspecified atom stereocenters. The maximum absolute atomic E-state index is 13.7. The van der Waals surface area contributed by atoms with Crippen LogP contribution in [0.1, 0.15) is 29.8 Å². The van der Waals surface area contributed by atoms with Crippen molar-refractivity contribution in [3.8, 4) is 0 Å². The number of rotatable bonds is 6. The van der Waals surface area contributed by atoms with Crippen molar-refractivity contribution in [2.24, 2.45) is 0 Å². The summed E-state index contributed by atoms with van der Waals surface area (Å²) in [6.45, 7) is 1.95. The van der Waals surface area contributed by atoms with Crippen molar-refractivity contribution in [2.75, 3.05) is 19.8 Å². The molecule has 0 radical (unpaired) electrons. The molecule has 2 aliphatic heterocycles. The van der Waals surface area contributed by atoms with Crippen molar-refractivity contribution in [1.29, 1.82) is 0 Å². The van der Waals surface area contributed by atoms with Gasteiger partial charge in [0.25, 0.3) is 0 Å². The Bertz CT molecular complexity index is 853. The number of aliphatic hydroxyl groups is 1. The summed E-state index contributed by atoms with van der Waals surface area (Å²) < 4.78 is 25.7. The normalized spacial score (nSPS) is 27.2. The first-order valence-corrected chi connectivity index (χ1v) is 11.5. The molecule has 0 saturated carbocycles. The molecule has 0 aliphatic carbocycles. The zero-order chi connectivity index (χ0) is 21.6. The fourth-order valence-corrected chi connectivity index (χ4v) is 4.89. The van der Waals surface area contributed by atoms with E-state index in [1.807, 2.05) is 5.38 Å². The second-order valence-corrected chi connectivity index (χ2v) is 9.04. The van der Waals surface area contributed by atoms with Gasteiger partial charge in [-0.25, -0.2) is 9.37 Å². The van der Waals surface area contributed by atoms with Gasteiger partial charge in [0.15, 0.2) is 0 Å². The number of β-amino-alcohol motifs (C(OH)–C–C–N with tert-alkyl or cyclic N) is 1. The Balaban J connectivity index is 1.33. The number of halogens is 1. The summed E-state index contributed by atoms with van der Waals surface area (Å²) in [5.74, 6) is -0.484. The van der Waals surface area contributed by atoms with E-state index < -0.39 is 6.10 Å². The van der Waals surface area contributed by atoms with Crippen LogP contribution in [0.2, 0.25) is 0 Å². The lowest BCUT2D eigenvalue weighted by molar-refractivity contribution is -0.158. The summed E-state index contributed by atoms with van der Waals surface area (Å²) in [7, 11) is 0. The average molecular weight is 450 g/mol. The molecule has 2 N–H and O–H groups in total. The van der Waals surface area contributed by atoms with Crippen molar-refractivity contribution in [3.05, 3.63) is 52.2 Å². The summed E-state index contributed by atoms with van der Waals surface area (Å²) >= 11 is 1.60. The van der Waals surface area contributed by atoms with E-state index in [-0.39, 0.29) is 49.5 Å². The number of nitrogens with zero attached hydrogens (tertiary/aromatic N) is 2. The standard InChI is InChI=1S/C22H28FN3O4S/c23-18-4-2-1-3-15(18)10-25-21(28)9-17-5-6-19-20(30-17)14-29-13-16(27)11-26(19)12-22-24-7-8-31-22/h1-4,7-8,16-17,19-20,27H,5-6,9-14H2,(H,25,28)/t16-,17+,19+,20-/m1/s1. The molecule has 168 valence electrons. The minimum Gasteiger partial charge on any atom is -0.389 e. The van der Waals surface area contributed by atoms with Gasteiger partial charge in [-0.1, -0.05) is 18.2 Å². The van der Waals surface area contributed by atoms with E-state index >= 15 is 0 Å². The molecular weight excluding hydrogens is 421 g/mol. The number of aliphatic hydroxyl groups excluding tert-OH is 1. The van der Waals surface area contributed by atoms with Crippen LogP contribution in [0.25, 0.3) is 0 Å². The molecule has 0 spiro atoms. The van der Waals surface area contributed by atoms with Crippen molar-refractivity contribution in [2.45, 2.75) is 56.7 Å². The van der Waals surface area contributed by atoms with Crippen LogP contribution in [0.4, 0.5) is 4.39 Å². The van der Waals surface area contributed by atoms with Crippen LogP contribution in [0, 0.1) is 5.82 Å². The van der Waals surface area contributed by atoms with Crippen LogP contribution < -0.4 is 5.32 Å². The monoisotopic (exact) mass is 449 g/mol. The van der Waals surface area contributed by atoms with E-state index in [9.17, 15) is 14.3 Å². The maximum atomic E-state index is 13.7. The number of carbonyl (C=O) groups excluding carboxylic acids is 1. The molecule has 0 bridgehead atoms. The van der Waals surface area contributed by atoms with Gasteiger partial charge >= 0.3 is 0 Å². The summed E-state index contributed by atoms with van der Waals surface area (Å²) in [4.78, 5) is 19.0. The molecule has 4 atom stereocenters. The molecule has 3 heterocycles. The fourth-order valence-electron chi connectivity index (χ4n) is 4.25. The molecule has 2 saturated heterocycles. The predicted molar refractivity (Wildman–Crippen MR) is 114 cm³/mol. The lowest BCUT2D eigenvalue weighted by Gasteiger charge is -2.44. The number of thiazole rings is 1. The lowest BCUT2D eigenvalue weighted by atomic mass is 9.94. The van der Waals surface area contributed by atoms with Crippen LogP contribution in [0.3, 0.4) is 0 Å². The molecule has 2 aliphatic rings. The summed E-state index contributed by atoms with van der Waals surface area (Å²) in [6, 6.07) is 6.51. The van der Waals surface area contributed by atoms with Crippen LogP contribution in [-0.4, -0.2) is 65.0 Å². The number of amides is 1. The highest BCUT2D eigenvalue weighted by molar-refractivity contribution is 7.09. The molecule has 9 heteroatoms. The van der Waals surface area contributed by atoms with Crippen molar-refractivity contribution in [1.82, 2.24) is 15.2 Å². The topological polar surface area (TPSA) is 83.9 Å². The summed E-state index contributed by atoms with van der Waals surface area (Å²) in [5, 5.41) is 16.0. The van der Waals surface area contributed by atoms with Crippen LogP contribution in [-0.2, 0) is 27.4 Å². The Labute approximate surface area is 185 Å². The van der Waals surface area contributed by atoms with Crippen molar-refractivity contribution in [3.63, 3.8) is 0 Å². The third kappa shape index (κ3) is 6.08. The quantitative estimate of drug-likeness (QED) is 0.703. The number of fused-ring (bicyclic) bond motifs is 1. The van der Waals surface area contributed by atoms with Crippen molar-refractivity contribution < 1.29 is 23.8 Å². The van der Waals surface area contributed by atoms with Gasteiger partial charge in [0.1, 0.15) is 10.8 Å². The average Bonchev–Trinajstić information content (AvgIpc) is 3.25. The van der Waals surface area contributed by atoms with E-state index in [0.29, 0.717) is 25.3 Å². The first-order valence-electron chi connectivity index (χ1n) is 10.6. The Kier molecular flexibility index (Phi) is 7.62. The Morgan fingerprint density at radius 2 is 2.19 bits per heavy atom. The molecule has 31 heavy (non-hydrogen) atoms.